The van der Waals surface area contributed by atoms with Crippen molar-refractivity contribution in [1.29, 1.82) is 0 Å². The Hall–Kier alpha value is -4.14. The standard InChI is InChI=1S/C34H36F3N3O3/c35-34(36,37)22-39-32(43)33(28-14-6-4-12-26(28)27-13-5-7-15-29(27)33)20-8-9-21-38-30(41)24-16-18-25(19-17-24)40-31(42)23-10-2-1-3-11-23/h1-7,10-15,24-25H,8-9,16-22H2,(H,38,41)(H,39,43)(H,40,42). The summed E-state index contributed by atoms with van der Waals surface area (Å²) in [5.74, 6) is -0.923. The molecule has 0 aliphatic heterocycles. The Morgan fingerprint density at radius 2 is 1.33 bits per heavy atom. The van der Waals surface area contributed by atoms with E-state index in [1.165, 1.54) is 0 Å². The van der Waals surface area contributed by atoms with Crippen LogP contribution in [0.3, 0.4) is 0 Å². The second kappa shape index (κ2) is 13.0. The lowest BCUT2D eigenvalue weighted by Gasteiger charge is -2.31. The van der Waals surface area contributed by atoms with Gasteiger partial charge in [-0.25, -0.2) is 0 Å². The summed E-state index contributed by atoms with van der Waals surface area (Å²) in [4.78, 5) is 38.9. The molecule has 3 N–H and O–H groups in total. The molecule has 0 radical (unpaired) electrons. The third kappa shape index (κ3) is 6.76. The maximum absolute atomic E-state index is 13.6. The Labute approximate surface area is 249 Å². The number of fused-ring (bicyclic) bond motifs is 3. The quantitative estimate of drug-likeness (QED) is 0.257. The maximum Gasteiger partial charge on any atom is 0.405 e. The summed E-state index contributed by atoms with van der Waals surface area (Å²) >= 11 is 0. The van der Waals surface area contributed by atoms with E-state index in [1.54, 1.807) is 24.3 Å². The Balaban J connectivity index is 1.15. The molecule has 1 fully saturated rings. The van der Waals surface area contributed by atoms with Gasteiger partial charge in [0.05, 0.1) is 0 Å². The molecule has 0 bridgehead atoms. The largest absolute Gasteiger partial charge is 0.405 e. The summed E-state index contributed by atoms with van der Waals surface area (Å²) in [6.07, 6.45) is -0.287. The summed E-state index contributed by atoms with van der Waals surface area (Å²) in [5, 5.41) is 8.22. The topological polar surface area (TPSA) is 87.3 Å². The summed E-state index contributed by atoms with van der Waals surface area (Å²) in [5.41, 5.74) is 2.48. The number of alkyl halides is 3. The third-order valence-corrected chi connectivity index (χ3v) is 8.65. The zero-order valence-electron chi connectivity index (χ0n) is 23.9. The SMILES string of the molecule is O=C(NC1CCC(C(=O)NCCCCC2(C(=O)NCC(F)(F)F)c3ccccc3-c3ccccc32)CC1)c1ccccc1. The molecule has 0 spiro atoms. The predicted molar refractivity (Wildman–Crippen MR) is 158 cm³/mol. The average Bonchev–Trinajstić information content (AvgIpc) is 3.30. The molecular weight excluding hydrogens is 555 g/mol. The molecule has 43 heavy (non-hydrogen) atoms. The molecule has 3 amide bonds. The van der Waals surface area contributed by atoms with Gasteiger partial charge in [-0.15, -0.1) is 0 Å². The van der Waals surface area contributed by atoms with Crippen molar-refractivity contribution in [2.24, 2.45) is 5.92 Å². The highest BCUT2D eigenvalue weighted by atomic mass is 19.4. The van der Waals surface area contributed by atoms with Gasteiger partial charge >= 0.3 is 6.18 Å². The third-order valence-electron chi connectivity index (χ3n) is 8.65. The van der Waals surface area contributed by atoms with Gasteiger partial charge in [0, 0.05) is 24.1 Å². The first-order valence-corrected chi connectivity index (χ1v) is 14.9. The van der Waals surface area contributed by atoms with E-state index in [0.717, 1.165) is 24.0 Å². The average molecular weight is 592 g/mol. The monoisotopic (exact) mass is 591 g/mol. The minimum absolute atomic E-state index is 0.0259. The lowest BCUT2D eigenvalue weighted by molar-refractivity contribution is -0.141. The van der Waals surface area contributed by atoms with Gasteiger partial charge in [-0.3, -0.25) is 14.4 Å². The van der Waals surface area contributed by atoms with Crippen LogP contribution in [-0.4, -0.2) is 43.0 Å². The van der Waals surface area contributed by atoms with Crippen molar-refractivity contribution in [2.45, 2.75) is 62.6 Å². The second-order valence-electron chi connectivity index (χ2n) is 11.4. The molecule has 0 heterocycles. The fraction of sp³-hybridized carbons (Fsp3) is 0.382. The fourth-order valence-electron chi connectivity index (χ4n) is 6.51. The van der Waals surface area contributed by atoms with Crippen molar-refractivity contribution in [3.63, 3.8) is 0 Å². The van der Waals surface area contributed by atoms with Crippen LogP contribution in [-0.2, 0) is 15.0 Å². The zero-order valence-corrected chi connectivity index (χ0v) is 23.9. The first-order chi connectivity index (χ1) is 20.7. The van der Waals surface area contributed by atoms with Gasteiger partial charge in [0.2, 0.25) is 11.8 Å². The van der Waals surface area contributed by atoms with Gasteiger partial charge in [-0.1, -0.05) is 66.7 Å². The van der Waals surface area contributed by atoms with Gasteiger partial charge in [-0.2, -0.15) is 13.2 Å². The number of unbranched alkanes of at least 4 members (excludes halogenated alkanes) is 1. The Bertz CT molecular complexity index is 1400. The summed E-state index contributed by atoms with van der Waals surface area (Å²) in [6, 6.07) is 23.9. The van der Waals surface area contributed by atoms with E-state index in [-0.39, 0.29) is 23.8 Å². The Morgan fingerprint density at radius 3 is 1.93 bits per heavy atom. The molecular formula is C34H36F3N3O3. The van der Waals surface area contributed by atoms with Crippen LogP contribution in [0.5, 0.6) is 0 Å². The molecule has 1 saturated carbocycles. The van der Waals surface area contributed by atoms with E-state index in [0.29, 0.717) is 55.3 Å². The number of benzene rings is 3. The molecule has 3 aromatic rings. The number of rotatable bonds is 10. The molecule has 2 aliphatic rings. The van der Waals surface area contributed by atoms with E-state index < -0.39 is 24.0 Å². The lowest BCUT2D eigenvalue weighted by Crippen LogP contribution is -2.47. The van der Waals surface area contributed by atoms with Gasteiger partial charge < -0.3 is 16.0 Å². The number of hydrogen-bond donors (Lipinski definition) is 3. The maximum atomic E-state index is 13.6. The molecule has 5 rings (SSSR count). The number of halogens is 3. The number of nitrogens with one attached hydrogen (secondary N) is 3. The summed E-state index contributed by atoms with van der Waals surface area (Å²) in [6.45, 7) is -0.987. The van der Waals surface area contributed by atoms with Gasteiger partial charge in [0.15, 0.2) is 0 Å². The molecule has 0 unspecified atom stereocenters. The van der Waals surface area contributed by atoms with Crippen LogP contribution in [0, 0.1) is 5.92 Å². The van der Waals surface area contributed by atoms with Crippen molar-refractivity contribution in [3.8, 4) is 11.1 Å². The van der Waals surface area contributed by atoms with Gasteiger partial charge in [0.25, 0.3) is 5.91 Å². The fourth-order valence-corrected chi connectivity index (χ4v) is 6.51. The van der Waals surface area contributed by atoms with E-state index in [1.807, 2.05) is 54.6 Å². The van der Waals surface area contributed by atoms with Crippen LogP contribution >= 0.6 is 0 Å². The minimum atomic E-state index is -4.52. The van der Waals surface area contributed by atoms with E-state index in [2.05, 4.69) is 16.0 Å². The second-order valence-corrected chi connectivity index (χ2v) is 11.4. The number of hydrogen-bond acceptors (Lipinski definition) is 3. The van der Waals surface area contributed by atoms with E-state index in [4.69, 9.17) is 0 Å². The van der Waals surface area contributed by atoms with Crippen LogP contribution in [0.2, 0.25) is 0 Å². The normalized spacial score (nSPS) is 18.7. The highest BCUT2D eigenvalue weighted by Crippen LogP contribution is 2.51. The van der Waals surface area contributed by atoms with Gasteiger partial charge in [-0.05, 0) is 79.3 Å². The van der Waals surface area contributed by atoms with Crippen molar-refractivity contribution < 1.29 is 27.6 Å². The van der Waals surface area contributed by atoms with Crippen LogP contribution in [0.15, 0.2) is 78.9 Å². The van der Waals surface area contributed by atoms with Crippen LogP contribution in [0.25, 0.3) is 11.1 Å². The Kier molecular flexibility index (Phi) is 9.18. The van der Waals surface area contributed by atoms with Crippen LogP contribution < -0.4 is 16.0 Å². The number of amides is 3. The smallest absolute Gasteiger partial charge is 0.356 e. The van der Waals surface area contributed by atoms with Crippen molar-refractivity contribution in [2.75, 3.05) is 13.1 Å². The molecule has 0 atom stereocenters. The number of carbonyl (C=O) groups is 3. The molecule has 6 nitrogen and oxygen atoms in total. The van der Waals surface area contributed by atoms with Crippen LogP contribution in [0.4, 0.5) is 13.2 Å². The van der Waals surface area contributed by atoms with E-state index >= 15 is 0 Å². The van der Waals surface area contributed by atoms with Crippen molar-refractivity contribution >= 4 is 17.7 Å². The minimum Gasteiger partial charge on any atom is -0.356 e. The molecule has 9 heteroatoms. The van der Waals surface area contributed by atoms with Crippen LogP contribution in [0.1, 0.15) is 66.4 Å². The van der Waals surface area contributed by atoms with Crippen molar-refractivity contribution in [1.82, 2.24) is 16.0 Å². The van der Waals surface area contributed by atoms with Gasteiger partial charge in [0.1, 0.15) is 12.0 Å². The summed E-state index contributed by atoms with van der Waals surface area (Å²) < 4.78 is 39.2. The first kappa shape index (κ1) is 30.3. The summed E-state index contributed by atoms with van der Waals surface area (Å²) in [7, 11) is 0. The zero-order chi connectivity index (χ0) is 30.5. The predicted octanol–water partition coefficient (Wildman–Crippen LogP) is 5.91. The highest BCUT2D eigenvalue weighted by molar-refractivity contribution is 6.00. The Morgan fingerprint density at radius 1 is 0.744 bits per heavy atom. The molecule has 0 saturated heterocycles. The van der Waals surface area contributed by atoms with E-state index in [9.17, 15) is 27.6 Å². The molecule has 0 aromatic heterocycles. The number of carbonyl (C=O) groups excluding carboxylic acids is 3. The lowest BCUT2D eigenvalue weighted by atomic mass is 9.73. The highest BCUT2D eigenvalue weighted by Gasteiger charge is 2.49. The molecule has 2 aliphatic carbocycles. The first-order valence-electron chi connectivity index (χ1n) is 14.9. The molecule has 226 valence electrons. The van der Waals surface area contributed by atoms with Crippen molar-refractivity contribution in [3.05, 3.63) is 95.6 Å². The molecule has 3 aromatic carbocycles.